The summed E-state index contributed by atoms with van der Waals surface area (Å²) in [7, 11) is 0. The number of anilines is 2. The van der Waals surface area contributed by atoms with Crippen LogP contribution in [0.1, 0.15) is 17.6 Å². The fourth-order valence-electron chi connectivity index (χ4n) is 4.58. The van der Waals surface area contributed by atoms with Crippen molar-refractivity contribution in [1.29, 1.82) is 0 Å². The Labute approximate surface area is 175 Å². The Morgan fingerprint density at radius 1 is 1.16 bits per heavy atom. The average Bonchev–Trinajstić information content (AvgIpc) is 3.08. The van der Waals surface area contributed by atoms with Gasteiger partial charge in [-0.25, -0.2) is 14.4 Å². The number of pyridine rings is 1. The van der Waals surface area contributed by atoms with E-state index in [9.17, 15) is 9.18 Å². The first kappa shape index (κ1) is 18.0. The third kappa shape index (κ3) is 3.02. The van der Waals surface area contributed by atoms with Crippen LogP contribution in [0.25, 0.3) is 11.0 Å². The van der Waals surface area contributed by atoms with Crippen molar-refractivity contribution in [3.63, 3.8) is 0 Å². The van der Waals surface area contributed by atoms with Crippen LogP contribution < -0.4 is 16.2 Å². The molecule has 1 saturated heterocycles. The van der Waals surface area contributed by atoms with Gasteiger partial charge in [0.15, 0.2) is 11.5 Å². The Morgan fingerprint density at radius 2 is 2.00 bits per heavy atom. The molecule has 2 aliphatic rings. The minimum absolute atomic E-state index is 0.136. The van der Waals surface area contributed by atoms with Gasteiger partial charge in [-0.15, -0.1) is 0 Å². The minimum Gasteiger partial charge on any atom is -0.384 e. The van der Waals surface area contributed by atoms with Crippen molar-refractivity contribution in [2.24, 2.45) is 11.8 Å². The number of hydrogen-bond donors (Lipinski definition) is 1. The lowest BCUT2D eigenvalue weighted by molar-refractivity contribution is 0.363. The molecule has 0 bridgehead atoms. The van der Waals surface area contributed by atoms with Gasteiger partial charge in [-0.05, 0) is 42.2 Å². The SMILES string of the molecule is Nc1ccc2c(=O)n(Cc3nc([C@H]4[C@@H]5CN(c6cccc(F)c6)C[C@@H]54)no3)cnc2n1. The number of halogens is 1. The van der Waals surface area contributed by atoms with Crippen LogP contribution in [0, 0.1) is 17.7 Å². The lowest BCUT2D eigenvalue weighted by Crippen LogP contribution is -2.23. The summed E-state index contributed by atoms with van der Waals surface area (Å²) in [5, 5.41) is 4.52. The second-order valence-electron chi connectivity index (χ2n) is 8.07. The molecule has 0 amide bonds. The second-order valence-corrected chi connectivity index (χ2v) is 8.07. The fourth-order valence-corrected chi connectivity index (χ4v) is 4.58. The summed E-state index contributed by atoms with van der Waals surface area (Å²) in [6.45, 7) is 1.82. The molecule has 3 atom stereocenters. The van der Waals surface area contributed by atoms with E-state index in [2.05, 4.69) is 25.0 Å². The number of rotatable bonds is 4. The Balaban J connectivity index is 1.16. The lowest BCUT2D eigenvalue weighted by Gasteiger charge is -2.21. The molecule has 1 aliphatic heterocycles. The van der Waals surface area contributed by atoms with Gasteiger partial charge in [-0.3, -0.25) is 9.36 Å². The molecule has 1 saturated carbocycles. The molecule has 1 aliphatic carbocycles. The zero-order valence-corrected chi connectivity index (χ0v) is 16.3. The number of piperidine rings is 1. The maximum atomic E-state index is 13.5. The van der Waals surface area contributed by atoms with E-state index in [1.165, 1.54) is 17.0 Å². The summed E-state index contributed by atoms with van der Waals surface area (Å²) in [6.07, 6.45) is 1.41. The predicted molar refractivity (Wildman–Crippen MR) is 110 cm³/mol. The molecule has 156 valence electrons. The number of nitrogen functional groups attached to an aromatic ring is 1. The number of fused-ring (bicyclic) bond motifs is 2. The zero-order chi connectivity index (χ0) is 21.1. The Hall–Kier alpha value is -3.82. The molecule has 2 fully saturated rings. The van der Waals surface area contributed by atoms with Crippen LogP contribution in [0.15, 0.2) is 52.0 Å². The molecule has 1 aromatic carbocycles. The van der Waals surface area contributed by atoms with Gasteiger partial charge in [0.05, 0.1) is 5.39 Å². The molecule has 31 heavy (non-hydrogen) atoms. The molecule has 4 heterocycles. The van der Waals surface area contributed by atoms with Crippen LogP contribution in [0.3, 0.4) is 0 Å². The number of nitrogens with zero attached hydrogens (tertiary/aromatic N) is 6. The number of hydrogen-bond acceptors (Lipinski definition) is 8. The van der Waals surface area contributed by atoms with E-state index in [0.29, 0.717) is 40.4 Å². The summed E-state index contributed by atoms with van der Waals surface area (Å²) in [5.41, 5.74) is 6.61. The maximum absolute atomic E-state index is 13.5. The van der Waals surface area contributed by atoms with Crippen molar-refractivity contribution >= 4 is 22.5 Å². The third-order valence-electron chi connectivity index (χ3n) is 6.16. The Bertz CT molecular complexity index is 1360. The quantitative estimate of drug-likeness (QED) is 0.532. The summed E-state index contributed by atoms with van der Waals surface area (Å²) in [5.74, 6) is 2.19. The van der Waals surface area contributed by atoms with E-state index in [-0.39, 0.29) is 23.8 Å². The van der Waals surface area contributed by atoms with Gasteiger partial charge in [0, 0.05) is 24.7 Å². The van der Waals surface area contributed by atoms with Gasteiger partial charge in [-0.1, -0.05) is 11.2 Å². The van der Waals surface area contributed by atoms with Gasteiger partial charge >= 0.3 is 0 Å². The number of benzene rings is 1. The summed E-state index contributed by atoms with van der Waals surface area (Å²) in [6, 6.07) is 9.84. The highest BCUT2D eigenvalue weighted by Gasteiger charge is 2.58. The van der Waals surface area contributed by atoms with Gasteiger partial charge in [0.1, 0.15) is 24.5 Å². The molecule has 0 spiro atoms. The number of nitrogens with two attached hydrogens (primary N) is 1. The standard InChI is InChI=1S/C21H18FN7O2/c22-11-2-1-3-12(6-11)28-7-14-15(8-28)18(14)20-26-17(31-27-20)9-29-10-24-19-13(21(29)30)4-5-16(23)25-19/h1-6,10,14-15,18H,7-9H2,(H2,23,25)/t14-,15+,18+. The van der Waals surface area contributed by atoms with Gasteiger partial charge in [-0.2, -0.15) is 4.98 Å². The topological polar surface area (TPSA) is 116 Å². The van der Waals surface area contributed by atoms with Crippen molar-refractivity contribution in [2.45, 2.75) is 12.5 Å². The monoisotopic (exact) mass is 419 g/mol. The summed E-state index contributed by atoms with van der Waals surface area (Å²) >= 11 is 0. The smallest absolute Gasteiger partial charge is 0.263 e. The van der Waals surface area contributed by atoms with Crippen LogP contribution in [-0.2, 0) is 6.54 Å². The zero-order valence-electron chi connectivity index (χ0n) is 16.3. The van der Waals surface area contributed by atoms with E-state index in [0.717, 1.165) is 18.8 Å². The highest BCUT2D eigenvalue weighted by Crippen LogP contribution is 2.57. The molecular formula is C21H18FN7O2. The molecular weight excluding hydrogens is 401 g/mol. The van der Waals surface area contributed by atoms with Crippen LogP contribution in [0.4, 0.5) is 15.9 Å². The molecule has 0 unspecified atom stereocenters. The number of aromatic nitrogens is 5. The fraction of sp³-hybridized carbons (Fsp3) is 0.286. The van der Waals surface area contributed by atoms with Gasteiger partial charge in [0.25, 0.3) is 5.56 Å². The van der Waals surface area contributed by atoms with Crippen molar-refractivity contribution < 1.29 is 8.91 Å². The lowest BCUT2D eigenvalue weighted by atomic mass is 10.2. The Morgan fingerprint density at radius 3 is 2.81 bits per heavy atom. The van der Waals surface area contributed by atoms with Gasteiger partial charge in [0.2, 0.25) is 5.89 Å². The summed E-state index contributed by atoms with van der Waals surface area (Å²) in [4.78, 5) is 27.6. The molecule has 2 N–H and O–H groups in total. The first-order valence-corrected chi connectivity index (χ1v) is 10.0. The average molecular weight is 419 g/mol. The maximum Gasteiger partial charge on any atom is 0.263 e. The normalized spacial score (nSPS) is 22.1. The predicted octanol–water partition coefficient (Wildman–Crippen LogP) is 1.79. The third-order valence-corrected chi connectivity index (χ3v) is 6.16. The first-order valence-electron chi connectivity index (χ1n) is 10.0. The minimum atomic E-state index is -0.244. The van der Waals surface area contributed by atoms with E-state index < -0.39 is 0 Å². The molecule has 3 aromatic heterocycles. The van der Waals surface area contributed by atoms with Crippen LogP contribution >= 0.6 is 0 Å². The van der Waals surface area contributed by atoms with E-state index in [1.807, 2.05) is 6.07 Å². The molecule has 0 radical (unpaired) electrons. The highest BCUT2D eigenvalue weighted by molar-refractivity contribution is 5.74. The van der Waals surface area contributed by atoms with Crippen molar-refractivity contribution in [3.8, 4) is 0 Å². The highest BCUT2D eigenvalue weighted by atomic mass is 19.1. The summed E-state index contributed by atoms with van der Waals surface area (Å²) < 4.78 is 20.3. The van der Waals surface area contributed by atoms with Crippen LogP contribution in [0.5, 0.6) is 0 Å². The largest absolute Gasteiger partial charge is 0.384 e. The first-order chi connectivity index (χ1) is 15.1. The van der Waals surface area contributed by atoms with Gasteiger partial charge < -0.3 is 15.2 Å². The van der Waals surface area contributed by atoms with Crippen molar-refractivity contribution in [3.05, 3.63) is 70.6 Å². The van der Waals surface area contributed by atoms with Crippen molar-refractivity contribution in [1.82, 2.24) is 24.7 Å². The molecule has 6 rings (SSSR count). The van der Waals surface area contributed by atoms with E-state index in [4.69, 9.17) is 10.3 Å². The van der Waals surface area contributed by atoms with E-state index in [1.54, 1.807) is 24.3 Å². The molecule has 4 aromatic rings. The van der Waals surface area contributed by atoms with Crippen LogP contribution in [-0.4, -0.2) is 37.8 Å². The Kier molecular flexibility index (Phi) is 3.83. The molecule has 10 heteroatoms. The van der Waals surface area contributed by atoms with E-state index >= 15 is 0 Å². The second kappa shape index (κ2) is 6.59. The van der Waals surface area contributed by atoms with Crippen molar-refractivity contribution in [2.75, 3.05) is 23.7 Å². The van der Waals surface area contributed by atoms with Crippen LogP contribution in [0.2, 0.25) is 0 Å². The molecule has 9 nitrogen and oxygen atoms in total.